The number of aromatic nitrogens is 1. The number of benzene rings is 1. The van der Waals surface area contributed by atoms with Crippen molar-refractivity contribution in [3.05, 3.63) is 24.3 Å². The lowest BCUT2D eigenvalue weighted by atomic mass is 9.93. The summed E-state index contributed by atoms with van der Waals surface area (Å²) in [4.78, 5) is 9.86. The van der Waals surface area contributed by atoms with E-state index in [9.17, 15) is 0 Å². The first-order valence-electron chi connectivity index (χ1n) is 9.04. The Labute approximate surface area is 148 Å². The number of fused-ring (bicyclic) bond motifs is 1. The smallest absolute Gasteiger partial charge is 0.186 e. The van der Waals surface area contributed by atoms with Gasteiger partial charge in [0.1, 0.15) is 0 Å². The average molecular weight is 346 g/mol. The predicted octanol–water partition coefficient (Wildman–Crippen LogP) is 2.31. The highest BCUT2D eigenvalue weighted by atomic mass is 32.1. The molecule has 2 aliphatic heterocycles. The summed E-state index contributed by atoms with van der Waals surface area (Å²) in [6.07, 6.45) is 1.27. The van der Waals surface area contributed by atoms with Crippen LogP contribution in [0.3, 0.4) is 0 Å². The lowest BCUT2D eigenvalue weighted by Gasteiger charge is -2.35. The number of para-hydroxylation sites is 1. The van der Waals surface area contributed by atoms with Crippen LogP contribution in [0.15, 0.2) is 24.3 Å². The Morgan fingerprint density at radius 3 is 2.50 bits per heavy atom. The zero-order chi connectivity index (χ0) is 16.5. The predicted molar refractivity (Wildman–Crippen MR) is 102 cm³/mol. The van der Waals surface area contributed by atoms with Gasteiger partial charge in [0.05, 0.1) is 10.2 Å². The summed E-state index contributed by atoms with van der Waals surface area (Å²) < 4.78 is 1.29. The van der Waals surface area contributed by atoms with E-state index >= 15 is 0 Å². The molecule has 130 valence electrons. The van der Waals surface area contributed by atoms with Gasteiger partial charge in [0.15, 0.2) is 5.13 Å². The van der Waals surface area contributed by atoms with Gasteiger partial charge >= 0.3 is 0 Å². The molecule has 2 saturated heterocycles. The number of thiazole rings is 1. The highest BCUT2D eigenvalue weighted by molar-refractivity contribution is 7.22. The summed E-state index contributed by atoms with van der Waals surface area (Å²) in [7, 11) is 0. The standard InChI is InChI=1S/C18H27N5S/c1-13-15(14(2)21-20-13)7-8-22-9-11-23(12-10-22)18-19-16-5-3-4-6-17(16)24-18/h3-6,13-15,20-21H,7-12H2,1-2H3. The molecule has 4 rings (SSSR count). The SMILES string of the molecule is CC1NNC(C)C1CCN1CCN(c2nc3ccccc3s2)CC1. The van der Waals surface area contributed by atoms with Crippen molar-refractivity contribution in [3.63, 3.8) is 0 Å². The molecular weight excluding hydrogens is 318 g/mol. The molecule has 1 aromatic heterocycles. The van der Waals surface area contributed by atoms with E-state index in [2.05, 4.69) is 58.8 Å². The van der Waals surface area contributed by atoms with E-state index in [1.165, 1.54) is 22.8 Å². The fourth-order valence-corrected chi connectivity index (χ4v) is 4.92. The van der Waals surface area contributed by atoms with Crippen LogP contribution in [0, 0.1) is 5.92 Å². The lowest BCUT2D eigenvalue weighted by molar-refractivity contribution is 0.230. The van der Waals surface area contributed by atoms with E-state index in [-0.39, 0.29) is 0 Å². The Bertz CT molecular complexity index is 636. The first kappa shape index (κ1) is 16.3. The molecule has 0 aliphatic carbocycles. The molecule has 2 fully saturated rings. The second-order valence-electron chi connectivity index (χ2n) is 7.11. The third-order valence-corrected chi connectivity index (χ3v) is 6.62. The Kier molecular flexibility index (Phi) is 4.72. The minimum Gasteiger partial charge on any atom is -0.345 e. The summed E-state index contributed by atoms with van der Waals surface area (Å²) in [5.74, 6) is 0.729. The van der Waals surface area contributed by atoms with Gasteiger partial charge in [-0.15, -0.1) is 0 Å². The number of hydrazine groups is 1. The van der Waals surface area contributed by atoms with Crippen molar-refractivity contribution in [3.8, 4) is 0 Å². The molecule has 3 heterocycles. The van der Waals surface area contributed by atoms with E-state index in [0.717, 1.165) is 37.6 Å². The van der Waals surface area contributed by atoms with Crippen molar-refractivity contribution in [1.82, 2.24) is 20.7 Å². The lowest BCUT2D eigenvalue weighted by Crippen LogP contribution is -2.47. The van der Waals surface area contributed by atoms with Crippen LogP contribution in [0.1, 0.15) is 20.3 Å². The van der Waals surface area contributed by atoms with Crippen molar-refractivity contribution >= 4 is 26.7 Å². The first-order chi connectivity index (χ1) is 11.7. The Morgan fingerprint density at radius 2 is 1.79 bits per heavy atom. The van der Waals surface area contributed by atoms with E-state index in [1.54, 1.807) is 0 Å². The molecule has 24 heavy (non-hydrogen) atoms. The molecule has 5 nitrogen and oxygen atoms in total. The van der Waals surface area contributed by atoms with Crippen molar-refractivity contribution in [2.24, 2.45) is 5.92 Å². The van der Waals surface area contributed by atoms with Gasteiger partial charge in [0.2, 0.25) is 0 Å². The molecule has 0 amide bonds. The summed E-state index contributed by atoms with van der Waals surface area (Å²) >= 11 is 1.82. The maximum absolute atomic E-state index is 4.80. The molecule has 2 unspecified atom stereocenters. The van der Waals surface area contributed by atoms with Crippen LogP contribution in [0.5, 0.6) is 0 Å². The molecule has 6 heteroatoms. The molecule has 0 spiro atoms. The number of hydrogen-bond donors (Lipinski definition) is 2. The molecule has 2 N–H and O–H groups in total. The molecule has 2 atom stereocenters. The molecule has 0 bridgehead atoms. The molecule has 0 saturated carbocycles. The Morgan fingerprint density at radius 1 is 1.08 bits per heavy atom. The topological polar surface area (TPSA) is 43.4 Å². The summed E-state index contributed by atoms with van der Waals surface area (Å²) in [6.45, 7) is 10.2. The number of anilines is 1. The van der Waals surface area contributed by atoms with Crippen LogP contribution in [0.25, 0.3) is 10.2 Å². The molecular formula is C18H27N5S. The second-order valence-corrected chi connectivity index (χ2v) is 8.12. The largest absolute Gasteiger partial charge is 0.345 e. The van der Waals surface area contributed by atoms with Gasteiger partial charge in [-0.2, -0.15) is 0 Å². The Hall–Kier alpha value is -1.21. The Balaban J connectivity index is 1.30. The van der Waals surface area contributed by atoms with Gasteiger partial charge in [-0.3, -0.25) is 15.8 Å². The molecule has 2 aliphatic rings. The van der Waals surface area contributed by atoms with Crippen LogP contribution >= 0.6 is 11.3 Å². The van der Waals surface area contributed by atoms with Crippen molar-refractivity contribution in [1.29, 1.82) is 0 Å². The molecule has 1 aromatic carbocycles. The maximum atomic E-state index is 4.80. The van der Waals surface area contributed by atoms with Gasteiger partial charge < -0.3 is 4.90 Å². The van der Waals surface area contributed by atoms with Gasteiger partial charge in [-0.05, 0) is 44.9 Å². The highest BCUT2D eigenvalue weighted by Crippen LogP contribution is 2.29. The number of piperazine rings is 1. The fourth-order valence-electron chi connectivity index (χ4n) is 3.90. The van der Waals surface area contributed by atoms with Crippen LogP contribution in [0.2, 0.25) is 0 Å². The van der Waals surface area contributed by atoms with Gasteiger partial charge in [-0.1, -0.05) is 23.5 Å². The van der Waals surface area contributed by atoms with Crippen LogP contribution in [-0.4, -0.2) is 54.7 Å². The maximum Gasteiger partial charge on any atom is 0.186 e. The first-order valence-corrected chi connectivity index (χ1v) is 9.86. The van der Waals surface area contributed by atoms with Crippen molar-refractivity contribution < 1.29 is 0 Å². The third kappa shape index (κ3) is 3.28. The quantitative estimate of drug-likeness (QED) is 0.890. The van der Waals surface area contributed by atoms with Crippen molar-refractivity contribution in [2.45, 2.75) is 32.4 Å². The summed E-state index contributed by atoms with van der Waals surface area (Å²) in [5.41, 5.74) is 7.86. The number of nitrogens with zero attached hydrogens (tertiary/aromatic N) is 3. The second kappa shape index (κ2) is 6.96. The van der Waals surface area contributed by atoms with E-state index in [4.69, 9.17) is 4.98 Å². The van der Waals surface area contributed by atoms with Crippen LogP contribution in [0.4, 0.5) is 5.13 Å². The number of hydrogen-bond acceptors (Lipinski definition) is 6. The van der Waals surface area contributed by atoms with Crippen LogP contribution < -0.4 is 15.8 Å². The summed E-state index contributed by atoms with van der Waals surface area (Å²) in [5, 5.41) is 1.18. The van der Waals surface area contributed by atoms with Gasteiger partial charge in [0, 0.05) is 38.3 Å². The summed E-state index contributed by atoms with van der Waals surface area (Å²) in [6, 6.07) is 9.58. The van der Waals surface area contributed by atoms with Gasteiger partial charge in [0.25, 0.3) is 0 Å². The normalized spacial score (nSPS) is 28.8. The van der Waals surface area contributed by atoms with E-state index < -0.39 is 0 Å². The number of rotatable bonds is 4. The minimum atomic E-state index is 0.573. The van der Waals surface area contributed by atoms with E-state index in [0.29, 0.717) is 12.1 Å². The molecule has 0 radical (unpaired) electrons. The van der Waals surface area contributed by atoms with Gasteiger partial charge in [-0.25, -0.2) is 4.98 Å². The zero-order valence-corrected chi connectivity index (χ0v) is 15.4. The van der Waals surface area contributed by atoms with Crippen LogP contribution in [-0.2, 0) is 0 Å². The highest BCUT2D eigenvalue weighted by Gasteiger charge is 2.30. The number of nitrogens with one attached hydrogen (secondary N) is 2. The average Bonchev–Trinajstić information content (AvgIpc) is 3.17. The van der Waals surface area contributed by atoms with Crippen molar-refractivity contribution in [2.75, 3.05) is 37.6 Å². The third-order valence-electron chi connectivity index (χ3n) is 5.53. The monoisotopic (exact) mass is 345 g/mol. The van der Waals surface area contributed by atoms with E-state index in [1.807, 2.05) is 11.3 Å². The minimum absolute atomic E-state index is 0.573. The fraction of sp³-hybridized carbons (Fsp3) is 0.611. The molecule has 2 aromatic rings. The zero-order valence-electron chi connectivity index (χ0n) is 14.5.